The highest BCUT2D eigenvalue weighted by Gasteiger charge is 2.86. The maximum absolute atomic E-state index is 13.5. The van der Waals surface area contributed by atoms with Gasteiger partial charge in [0.25, 0.3) is 19.7 Å². The van der Waals surface area contributed by atoms with Gasteiger partial charge in [0.2, 0.25) is 0 Å². The summed E-state index contributed by atoms with van der Waals surface area (Å²) in [6.07, 6.45) is -14.0. The largest absolute Gasteiger partial charge is 0.498 e. The fraction of sp³-hybridized carbons (Fsp3) is 1.00. The number of rotatable bonds is 9. The molecule has 212 valence electrons. The first-order chi connectivity index (χ1) is 14.7. The van der Waals surface area contributed by atoms with Gasteiger partial charge in [-0.15, -0.1) is 0 Å². The highest BCUT2D eigenvalue weighted by molar-refractivity contribution is 8.09. The van der Waals surface area contributed by atoms with Crippen molar-refractivity contribution in [3.05, 3.63) is 0 Å². The second-order valence-electron chi connectivity index (χ2n) is 6.17. The minimum atomic E-state index is -7.92. The minimum absolute atomic E-state index is 0.307. The first-order valence-corrected chi connectivity index (χ1v) is 12.0. The Balaban J connectivity index is 6.54. The van der Waals surface area contributed by atoms with Crippen LogP contribution in [0.2, 0.25) is 0 Å². The molecule has 1 atom stereocenters. The highest BCUT2D eigenvalue weighted by Crippen LogP contribution is 2.55. The van der Waals surface area contributed by atoms with Gasteiger partial charge in [-0.1, -0.05) is 0 Å². The van der Waals surface area contributed by atoms with Crippen LogP contribution < -0.4 is 0 Å². The molecule has 0 fully saturated rings. The highest BCUT2D eigenvalue weighted by atomic mass is 32.3. The molecule has 0 spiro atoms. The molecule has 0 aromatic heterocycles. The van der Waals surface area contributed by atoms with E-state index in [1.807, 2.05) is 0 Å². The molecule has 0 aliphatic carbocycles. The van der Waals surface area contributed by atoms with Gasteiger partial charge >= 0.3 is 44.4 Å². The zero-order chi connectivity index (χ0) is 29.1. The van der Waals surface area contributed by atoms with Crippen molar-refractivity contribution in [2.24, 2.45) is 0 Å². The topological polar surface area (TPSA) is 112 Å². The maximum Gasteiger partial charge on any atom is 0.498 e. The minimum Gasteiger partial charge on any atom is -0.262 e. The zero-order valence-electron chi connectivity index (χ0n) is 15.6. The van der Waals surface area contributed by atoms with Crippen LogP contribution in [-0.4, -0.2) is 70.2 Å². The van der Waals surface area contributed by atoms with E-state index in [2.05, 4.69) is 4.18 Å². The summed E-state index contributed by atoms with van der Waals surface area (Å²) in [5, 5.41) is -7.62. The van der Waals surface area contributed by atoms with Crippen molar-refractivity contribution in [3.8, 4) is 0 Å². The molecule has 1 unspecified atom stereocenters. The van der Waals surface area contributed by atoms with Crippen molar-refractivity contribution >= 4 is 29.8 Å². The molecule has 0 N–H and O–H groups in total. The number of halogens is 15. The summed E-state index contributed by atoms with van der Waals surface area (Å²) >= 11 is 0. The number of sulfone groups is 2. The molecule has 0 aromatic rings. The van der Waals surface area contributed by atoms with Crippen LogP contribution in [0.1, 0.15) is 13.3 Å². The Morgan fingerprint density at radius 1 is 0.600 bits per heavy atom. The van der Waals surface area contributed by atoms with E-state index in [4.69, 9.17) is 0 Å². The van der Waals surface area contributed by atoms with Crippen molar-refractivity contribution in [2.75, 3.05) is 0 Å². The van der Waals surface area contributed by atoms with Crippen LogP contribution in [0.15, 0.2) is 0 Å². The lowest BCUT2D eigenvalue weighted by molar-refractivity contribution is -0.382. The first kappa shape index (κ1) is 33.8. The van der Waals surface area contributed by atoms with Gasteiger partial charge in [-0.25, -0.2) is 16.8 Å². The number of hydrogen-bond donors (Lipinski definition) is 0. The van der Waals surface area contributed by atoms with Gasteiger partial charge < -0.3 is 0 Å². The van der Waals surface area contributed by atoms with E-state index >= 15 is 0 Å². The van der Waals surface area contributed by atoms with Gasteiger partial charge in [-0.2, -0.15) is 74.3 Å². The Labute approximate surface area is 184 Å². The molecule has 0 heterocycles. The van der Waals surface area contributed by atoms with E-state index in [1.165, 1.54) is 0 Å². The predicted octanol–water partition coefficient (Wildman–Crippen LogP) is 3.73. The van der Waals surface area contributed by atoms with Crippen LogP contribution in [0.25, 0.3) is 0 Å². The third kappa shape index (κ3) is 5.70. The van der Waals surface area contributed by atoms with E-state index in [1.54, 1.807) is 0 Å². The molecule has 0 amide bonds. The van der Waals surface area contributed by atoms with E-state index in [9.17, 15) is 91.1 Å². The molecule has 0 radical (unpaired) electrons. The van der Waals surface area contributed by atoms with Gasteiger partial charge in [-0.3, -0.25) is 4.18 Å². The molecule has 25 heteroatoms. The van der Waals surface area contributed by atoms with Gasteiger partial charge in [-0.05, 0) is 6.92 Å². The molecule has 0 rings (SSSR count). The van der Waals surface area contributed by atoms with E-state index < -0.39 is 81.2 Å². The van der Waals surface area contributed by atoms with Crippen LogP contribution in [0.4, 0.5) is 65.9 Å². The summed E-state index contributed by atoms with van der Waals surface area (Å²) in [5.74, 6) is -15.8. The molecule has 0 bridgehead atoms. The molecule has 35 heavy (non-hydrogen) atoms. The van der Waals surface area contributed by atoms with Crippen molar-refractivity contribution < 1.29 is 95.3 Å². The Morgan fingerprint density at radius 3 is 1.17 bits per heavy atom. The summed E-state index contributed by atoms with van der Waals surface area (Å²) in [7, 11) is -22.9. The second kappa shape index (κ2) is 8.95. The summed E-state index contributed by atoms with van der Waals surface area (Å²) < 4.78 is 256. The fourth-order valence-electron chi connectivity index (χ4n) is 1.82. The molecule has 0 saturated heterocycles. The van der Waals surface area contributed by atoms with E-state index in [0.717, 1.165) is 0 Å². The van der Waals surface area contributed by atoms with Crippen LogP contribution in [0, 0.1) is 0 Å². The smallest absolute Gasteiger partial charge is 0.262 e. The van der Waals surface area contributed by atoms with Crippen molar-refractivity contribution in [1.82, 2.24) is 0 Å². The standard InChI is InChI=1S/C10H7F15O7S3/c1-3(2-4(33(26,27)9(20,21)22)34(28,29)10(23,24)25)32-35(30,31)8(18,19)6(13,14)5(11,12)7(15,16)17/h3-4H,2H2,1H3. The Morgan fingerprint density at radius 2 is 0.914 bits per heavy atom. The molecule has 0 aromatic carbocycles. The maximum atomic E-state index is 13.5. The zero-order valence-corrected chi connectivity index (χ0v) is 18.1. The lowest BCUT2D eigenvalue weighted by Gasteiger charge is -2.33. The predicted molar refractivity (Wildman–Crippen MR) is 78.7 cm³/mol. The lowest BCUT2D eigenvalue weighted by Crippen LogP contribution is -2.63. The fourth-order valence-corrected chi connectivity index (χ4v) is 6.53. The summed E-state index contributed by atoms with van der Waals surface area (Å²) in [6, 6.07) is 0. The Bertz CT molecular complexity index is 1050. The van der Waals surface area contributed by atoms with E-state index in [-0.39, 0.29) is 6.92 Å². The Kier molecular flexibility index (Phi) is 8.63. The quantitative estimate of drug-likeness (QED) is 0.286. The summed E-state index contributed by atoms with van der Waals surface area (Å²) in [4.78, 5) is 0. The van der Waals surface area contributed by atoms with Gasteiger partial charge in [0, 0.05) is 6.42 Å². The average molecular weight is 620 g/mol. The second-order valence-corrected chi connectivity index (χ2v) is 12.3. The lowest BCUT2D eigenvalue weighted by atomic mass is 10.1. The molecular weight excluding hydrogens is 613 g/mol. The van der Waals surface area contributed by atoms with E-state index in [0.29, 0.717) is 0 Å². The molecular formula is C10H7F15O7S3. The Hall–Kier alpha value is -1.24. The summed E-state index contributed by atoms with van der Waals surface area (Å²) in [6.45, 7) is -0.307. The molecule has 0 aliphatic rings. The van der Waals surface area contributed by atoms with Gasteiger partial charge in [0.1, 0.15) is 0 Å². The first-order valence-electron chi connectivity index (χ1n) is 7.46. The number of alkyl halides is 15. The van der Waals surface area contributed by atoms with Crippen LogP contribution in [0.3, 0.4) is 0 Å². The molecule has 7 nitrogen and oxygen atoms in total. The third-order valence-electron chi connectivity index (χ3n) is 3.58. The van der Waals surface area contributed by atoms with Crippen LogP contribution >= 0.6 is 0 Å². The third-order valence-corrected chi connectivity index (χ3v) is 9.63. The molecule has 0 saturated carbocycles. The summed E-state index contributed by atoms with van der Waals surface area (Å²) in [5.41, 5.74) is -13.7. The van der Waals surface area contributed by atoms with Crippen LogP contribution in [-0.2, 0) is 34.0 Å². The monoisotopic (exact) mass is 620 g/mol. The van der Waals surface area contributed by atoms with Crippen molar-refractivity contribution in [1.29, 1.82) is 0 Å². The van der Waals surface area contributed by atoms with Crippen molar-refractivity contribution in [2.45, 2.75) is 58.3 Å². The number of hydrogen-bond acceptors (Lipinski definition) is 7. The molecule has 0 aliphatic heterocycles. The normalized spacial score (nSPS) is 17.1. The SMILES string of the molecule is CC(CC(S(=O)(=O)C(F)(F)F)S(=O)(=O)C(F)(F)F)OS(=O)(=O)C(F)(F)C(F)(F)C(F)(F)C(F)(F)F. The van der Waals surface area contributed by atoms with Crippen LogP contribution in [0.5, 0.6) is 0 Å². The average Bonchev–Trinajstić information content (AvgIpc) is 2.55. The van der Waals surface area contributed by atoms with Gasteiger partial charge in [0.15, 0.2) is 4.58 Å². The van der Waals surface area contributed by atoms with Gasteiger partial charge in [0.05, 0.1) is 6.10 Å². The van der Waals surface area contributed by atoms with Crippen molar-refractivity contribution in [3.63, 3.8) is 0 Å².